The van der Waals surface area contributed by atoms with Gasteiger partial charge >= 0.3 is 0 Å². The number of halogens is 3. The highest BCUT2D eigenvalue weighted by Gasteiger charge is 2.39. The Hall–Kier alpha value is -2.47. The van der Waals surface area contributed by atoms with Gasteiger partial charge in [0.15, 0.2) is 0 Å². The molecule has 1 amide bonds. The summed E-state index contributed by atoms with van der Waals surface area (Å²) in [5.41, 5.74) is 0.478. The van der Waals surface area contributed by atoms with Crippen LogP contribution in [0.3, 0.4) is 0 Å². The van der Waals surface area contributed by atoms with Gasteiger partial charge in [0.05, 0.1) is 6.04 Å². The molecular formula is C19H15ClF2N4O3S2. The summed E-state index contributed by atoms with van der Waals surface area (Å²) >= 11 is 6.86. The number of hydrogen-bond acceptors (Lipinski definition) is 6. The third-order valence-corrected chi connectivity index (χ3v) is 7.89. The van der Waals surface area contributed by atoms with Crippen LogP contribution in [-0.4, -0.2) is 35.4 Å². The van der Waals surface area contributed by atoms with E-state index in [9.17, 15) is 22.0 Å². The van der Waals surface area contributed by atoms with Crippen LogP contribution in [0, 0.1) is 11.6 Å². The first-order chi connectivity index (χ1) is 14.8. The molecule has 0 radical (unpaired) electrons. The van der Waals surface area contributed by atoms with Crippen LogP contribution in [0.25, 0.3) is 0 Å². The van der Waals surface area contributed by atoms with Crippen molar-refractivity contribution in [3.05, 3.63) is 69.1 Å². The summed E-state index contributed by atoms with van der Waals surface area (Å²) in [7, 11) is -4.23. The van der Waals surface area contributed by atoms with E-state index in [1.165, 1.54) is 0 Å². The first-order valence-electron chi connectivity index (χ1n) is 9.13. The molecule has 1 atom stereocenters. The van der Waals surface area contributed by atoms with Crippen molar-refractivity contribution in [2.45, 2.75) is 23.8 Å². The molecule has 162 valence electrons. The Bertz CT molecular complexity index is 1250. The number of sulfonamides is 1. The SMILES string of the molecule is O=C(Nc1cccc(Cl)c1)c1nnc([C@H]2CCCN2S(=O)(=O)c2ccc(F)cc2F)s1. The summed E-state index contributed by atoms with van der Waals surface area (Å²) in [5, 5.41) is 11.3. The van der Waals surface area contributed by atoms with Crippen molar-refractivity contribution < 1.29 is 22.0 Å². The molecule has 3 aromatic rings. The standard InChI is InChI=1S/C19H15ClF2N4O3S2/c20-11-3-1-4-13(9-11)23-17(27)19-25-24-18(30-19)15-5-2-8-26(15)31(28,29)16-7-6-12(21)10-14(16)22/h1,3-4,6-7,9-10,15H,2,5,8H2,(H,23,27)/t15-/m1/s1. The summed E-state index contributed by atoms with van der Waals surface area (Å²) in [5.74, 6) is -2.54. The van der Waals surface area contributed by atoms with Gasteiger partial charge in [-0.1, -0.05) is 29.0 Å². The van der Waals surface area contributed by atoms with E-state index in [2.05, 4.69) is 15.5 Å². The molecule has 1 saturated heterocycles. The molecule has 2 aromatic carbocycles. The van der Waals surface area contributed by atoms with E-state index in [0.717, 1.165) is 27.8 Å². The predicted octanol–water partition coefficient (Wildman–Crippen LogP) is 4.25. The number of carbonyl (C=O) groups excluding carboxylic acids is 1. The Morgan fingerprint density at radius 3 is 2.74 bits per heavy atom. The molecule has 1 aromatic heterocycles. The lowest BCUT2D eigenvalue weighted by atomic mass is 10.2. The summed E-state index contributed by atoms with van der Waals surface area (Å²) in [6.07, 6.45) is 0.961. The highest BCUT2D eigenvalue weighted by atomic mass is 35.5. The van der Waals surface area contributed by atoms with Crippen LogP contribution < -0.4 is 5.32 Å². The average Bonchev–Trinajstić information content (AvgIpc) is 3.37. The summed E-state index contributed by atoms with van der Waals surface area (Å²) < 4.78 is 54.4. The third kappa shape index (κ3) is 4.45. The molecule has 0 spiro atoms. The number of anilines is 1. The van der Waals surface area contributed by atoms with Gasteiger partial charge in [-0.05, 0) is 43.2 Å². The number of carbonyl (C=O) groups is 1. The highest BCUT2D eigenvalue weighted by Crippen LogP contribution is 2.38. The largest absolute Gasteiger partial charge is 0.320 e. The van der Waals surface area contributed by atoms with Crippen LogP contribution in [-0.2, 0) is 10.0 Å². The molecule has 0 unspecified atom stereocenters. The maximum absolute atomic E-state index is 14.1. The number of aromatic nitrogens is 2. The van der Waals surface area contributed by atoms with Gasteiger partial charge in [0.2, 0.25) is 15.0 Å². The molecule has 2 heterocycles. The molecule has 1 fully saturated rings. The van der Waals surface area contributed by atoms with Crippen LogP contribution >= 0.6 is 22.9 Å². The fraction of sp³-hybridized carbons (Fsp3) is 0.211. The zero-order valence-electron chi connectivity index (χ0n) is 15.8. The minimum absolute atomic E-state index is 0.0483. The Kier molecular flexibility index (Phi) is 6.02. The molecule has 4 rings (SSSR count). The third-order valence-electron chi connectivity index (χ3n) is 4.69. The minimum Gasteiger partial charge on any atom is -0.320 e. The molecular weight excluding hydrogens is 470 g/mol. The average molecular weight is 485 g/mol. The Morgan fingerprint density at radius 1 is 1.19 bits per heavy atom. The summed E-state index contributed by atoms with van der Waals surface area (Å²) in [6.45, 7) is 0.146. The van der Waals surface area contributed by atoms with Crippen molar-refractivity contribution in [3.63, 3.8) is 0 Å². The maximum atomic E-state index is 14.1. The molecule has 31 heavy (non-hydrogen) atoms. The molecule has 1 N–H and O–H groups in total. The van der Waals surface area contributed by atoms with Gasteiger partial charge in [-0.25, -0.2) is 17.2 Å². The minimum atomic E-state index is -4.23. The Morgan fingerprint density at radius 2 is 2.00 bits per heavy atom. The highest BCUT2D eigenvalue weighted by molar-refractivity contribution is 7.89. The molecule has 1 aliphatic heterocycles. The molecule has 12 heteroatoms. The number of amides is 1. The fourth-order valence-electron chi connectivity index (χ4n) is 3.30. The van der Waals surface area contributed by atoms with Crippen LogP contribution in [0.5, 0.6) is 0 Å². The second-order valence-corrected chi connectivity index (χ2v) is 10.1. The number of rotatable bonds is 5. The van der Waals surface area contributed by atoms with Crippen molar-refractivity contribution in [1.29, 1.82) is 0 Å². The predicted molar refractivity (Wildman–Crippen MR) is 112 cm³/mol. The van der Waals surface area contributed by atoms with Crippen molar-refractivity contribution in [2.24, 2.45) is 0 Å². The van der Waals surface area contributed by atoms with Crippen LogP contribution in [0.15, 0.2) is 47.4 Å². The van der Waals surface area contributed by atoms with Gasteiger partial charge in [0.25, 0.3) is 5.91 Å². The van der Waals surface area contributed by atoms with E-state index in [4.69, 9.17) is 11.6 Å². The smallest absolute Gasteiger partial charge is 0.286 e. The monoisotopic (exact) mass is 484 g/mol. The van der Waals surface area contributed by atoms with Gasteiger partial charge in [-0.3, -0.25) is 4.79 Å². The van der Waals surface area contributed by atoms with Crippen molar-refractivity contribution in [2.75, 3.05) is 11.9 Å². The maximum Gasteiger partial charge on any atom is 0.286 e. The van der Waals surface area contributed by atoms with E-state index in [0.29, 0.717) is 34.6 Å². The van der Waals surface area contributed by atoms with Gasteiger partial charge < -0.3 is 5.32 Å². The van der Waals surface area contributed by atoms with Gasteiger partial charge in [0, 0.05) is 23.3 Å². The topological polar surface area (TPSA) is 92.3 Å². The lowest BCUT2D eigenvalue weighted by Gasteiger charge is -2.22. The molecule has 0 bridgehead atoms. The zero-order valence-corrected chi connectivity index (χ0v) is 18.1. The quantitative estimate of drug-likeness (QED) is 0.584. The van der Waals surface area contributed by atoms with Crippen molar-refractivity contribution in [1.82, 2.24) is 14.5 Å². The molecule has 1 aliphatic rings. The first-order valence-corrected chi connectivity index (χ1v) is 11.8. The van der Waals surface area contributed by atoms with Crippen LogP contribution in [0.4, 0.5) is 14.5 Å². The van der Waals surface area contributed by atoms with Gasteiger partial charge in [-0.2, -0.15) is 4.31 Å². The lowest BCUT2D eigenvalue weighted by Crippen LogP contribution is -2.31. The normalized spacial score (nSPS) is 17.1. The van der Waals surface area contributed by atoms with Crippen LogP contribution in [0.2, 0.25) is 5.02 Å². The molecule has 7 nitrogen and oxygen atoms in total. The molecule has 0 saturated carbocycles. The Balaban J connectivity index is 1.57. The summed E-state index contributed by atoms with van der Waals surface area (Å²) in [4.78, 5) is 11.9. The van der Waals surface area contributed by atoms with Gasteiger partial charge in [-0.15, -0.1) is 10.2 Å². The van der Waals surface area contributed by atoms with E-state index < -0.39 is 38.5 Å². The van der Waals surface area contributed by atoms with E-state index >= 15 is 0 Å². The van der Waals surface area contributed by atoms with Crippen molar-refractivity contribution in [3.8, 4) is 0 Å². The second-order valence-electron chi connectivity index (χ2n) is 6.76. The number of nitrogens with zero attached hydrogens (tertiary/aromatic N) is 3. The van der Waals surface area contributed by atoms with Crippen molar-refractivity contribution >= 4 is 44.6 Å². The first kappa shape index (κ1) is 21.8. The van der Waals surface area contributed by atoms with Crippen LogP contribution in [0.1, 0.15) is 33.7 Å². The fourth-order valence-corrected chi connectivity index (χ4v) is 6.15. The second kappa shape index (κ2) is 8.58. The number of benzene rings is 2. The van der Waals surface area contributed by atoms with Gasteiger partial charge in [0.1, 0.15) is 21.5 Å². The Labute approximate surface area is 185 Å². The van der Waals surface area contributed by atoms with E-state index in [1.807, 2.05) is 0 Å². The zero-order chi connectivity index (χ0) is 22.2. The molecule has 0 aliphatic carbocycles. The summed E-state index contributed by atoms with van der Waals surface area (Å²) in [6, 6.07) is 8.21. The number of hydrogen-bond donors (Lipinski definition) is 1. The van der Waals surface area contributed by atoms with E-state index in [-0.39, 0.29) is 11.6 Å². The number of nitrogens with one attached hydrogen (secondary N) is 1. The van der Waals surface area contributed by atoms with E-state index in [1.54, 1.807) is 24.3 Å². The lowest BCUT2D eigenvalue weighted by molar-refractivity contribution is 0.102.